The third-order valence-corrected chi connectivity index (χ3v) is 2.79. The van der Waals surface area contributed by atoms with Crippen LogP contribution < -0.4 is 0 Å². The van der Waals surface area contributed by atoms with Gasteiger partial charge in [0.1, 0.15) is 0 Å². The van der Waals surface area contributed by atoms with Crippen LogP contribution >= 0.6 is 28.3 Å². The van der Waals surface area contributed by atoms with Crippen molar-refractivity contribution < 1.29 is 8.68 Å². The minimum absolute atomic E-state index is 0.0304. The van der Waals surface area contributed by atoms with E-state index in [0.717, 1.165) is 8.45 Å². The second-order valence-corrected chi connectivity index (χ2v) is 4.00. The smallest absolute Gasteiger partial charge is 0.186 e. The van der Waals surface area contributed by atoms with Gasteiger partial charge in [-0.05, 0) is 18.2 Å². The predicted molar refractivity (Wildman–Crippen MR) is 56.9 cm³/mol. The molecule has 0 fully saturated rings. The summed E-state index contributed by atoms with van der Waals surface area (Å²) in [5.74, 6) is 0.0746. The number of carbonyl (C=O) groups excluding carboxylic acids is 1. The molecule has 0 aliphatic heterocycles. The molecule has 6 heteroatoms. The third-order valence-electron chi connectivity index (χ3n) is 1.77. The molecule has 0 atom stereocenters. The van der Waals surface area contributed by atoms with E-state index in [1.54, 1.807) is 18.2 Å². The van der Waals surface area contributed by atoms with E-state index in [2.05, 4.69) is 20.9 Å². The molecule has 1 heterocycles. The molecule has 0 saturated heterocycles. The van der Waals surface area contributed by atoms with Crippen LogP contribution in [0.15, 0.2) is 22.7 Å². The molecule has 0 unspecified atom stereocenters. The number of hydrogen-bond donors (Lipinski definition) is 0. The van der Waals surface area contributed by atoms with Gasteiger partial charge in [0.05, 0.1) is 11.0 Å². The molecule has 0 amide bonds. The lowest BCUT2D eigenvalue weighted by Crippen LogP contribution is -1.91. The fraction of sp³-hybridized carbons (Fsp3) is 0. The summed E-state index contributed by atoms with van der Waals surface area (Å²) in [6.45, 7) is 0. The van der Waals surface area contributed by atoms with Crippen molar-refractivity contribution in [2.45, 2.75) is 0 Å². The van der Waals surface area contributed by atoms with E-state index in [9.17, 15) is 8.68 Å². The number of aromatic nitrogens is 2. The van der Waals surface area contributed by atoms with E-state index in [1.165, 1.54) is 0 Å². The molecule has 0 N–H and O–H groups in total. The normalized spacial score (nSPS) is 10.7. The summed E-state index contributed by atoms with van der Waals surface area (Å²) in [6.07, 6.45) is 0.528. The van der Waals surface area contributed by atoms with Crippen molar-refractivity contribution in [3.8, 4) is 0 Å². The van der Waals surface area contributed by atoms with Crippen molar-refractivity contribution in [1.29, 1.82) is 0 Å². The van der Waals surface area contributed by atoms with Crippen molar-refractivity contribution in [2.75, 3.05) is 0 Å². The largest absolute Gasteiger partial charge is 0.294 e. The van der Waals surface area contributed by atoms with Gasteiger partial charge in [0.2, 0.25) is 0 Å². The number of carbonyl (C=O) groups is 1. The Kier molecular flexibility index (Phi) is 2.56. The Bertz CT molecular complexity index is 499. The first-order valence-electron chi connectivity index (χ1n) is 3.68. The topological polar surface area (TPSA) is 34.9 Å². The number of hydrogen-bond acceptors (Lipinski definition) is 3. The van der Waals surface area contributed by atoms with Gasteiger partial charge in [-0.2, -0.15) is 0 Å². The number of halogens is 2. The van der Waals surface area contributed by atoms with Crippen LogP contribution in [0.4, 0.5) is 3.89 Å². The zero-order chi connectivity index (χ0) is 10.1. The van der Waals surface area contributed by atoms with E-state index >= 15 is 0 Å². The molecule has 0 spiro atoms. The molecule has 3 nitrogen and oxygen atoms in total. The summed E-state index contributed by atoms with van der Waals surface area (Å²) in [5.41, 5.74) is 1.18. The maximum Gasteiger partial charge on any atom is 0.186 e. The lowest BCUT2D eigenvalue weighted by atomic mass is 10.3. The van der Waals surface area contributed by atoms with Gasteiger partial charge >= 0.3 is 0 Å². The van der Waals surface area contributed by atoms with Crippen molar-refractivity contribution in [1.82, 2.24) is 8.96 Å². The Labute approximate surface area is 91.9 Å². The highest BCUT2D eigenvalue weighted by Crippen LogP contribution is 2.24. The molecule has 1 aromatic carbocycles. The summed E-state index contributed by atoms with van der Waals surface area (Å²) in [7, 11) is 0. The minimum atomic E-state index is -0.0304. The first-order chi connectivity index (χ1) is 6.76. The first-order valence-corrected chi connectivity index (χ1v) is 5.15. The van der Waals surface area contributed by atoms with Gasteiger partial charge in [0.15, 0.2) is 24.4 Å². The molecular formula is C8H4BrFN2OS. The number of nitrogens with zero attached hydrogens (tertiary/aromatic N) is 2. The summed E-state index contributed by atoms with van der Waals surface area (Å²) in [5, 5.41) is 0. The Morgan fingerprint density at radius 1 is 1.57 bits per heavy atom. The Morgan fingerprint density at radius 3 is 3.00 bits per heavy atom. The average Bonchev–Trinajstić information content (AvgIpc) is 2.54. The lowest BCUT2D eigenvalue weighted by molar-refractivity contribution is 0.111. The molecule has 0 saturated carbocycles. The summed E-state index contributed by atoms with van der Waals surface area (Å²) in [6, 6.07) is 5.20. The molecule has 0 bridgehead atoms. The van der Waals surface area contributed by atoms with Crippen LogP contribution in [-0.4, -0.2) is 15.2 Å². The minimum Gasteiger partial charge on any atom is -0.294 e. The van der Waals surface area contributed by atoms with Gasteiger partial charge in [0.25, 0.3) is 0 Å². The molecule has 14 heavy (non-hydrogen) atoms. The van der Waals surface area contributed by atoms with Crippen LogP contribution in [0.25, 0.3) is 11.0 Å². The fourth-order valence-electron chi connectivity index (χ4n) is 1.20. The molecule has 0 aliphatic carbocycles. The van der Waals surface area contributed by atoms with Gasteiger partial charge < -0.3 is 0 Å². The van der Waals surface area contributed by atoms with E-state index in [4.69, 9.17) is 0 Å². The fourth-order valence-corrected chi connectivity index (χ4v) is 1.93. The van der Waals surface area contributed by atoms with Crippen LogP contribution in [0, 0.1) is 0 Å². The highest BCUT2D eigenvalue weighted by molar-refractivity contribution is 9.10. The van der Waals surface area contributed by atoms with Gasteiger partial charge in [-0.1, -0.05) is 15.9 Å². The third kappa shape index (κ3) is 1.44. The van der Waals surface area contributed by atoms with Crippen LogP contribution in [0.5, 0.6) is 0 Å². The number of benzene rings is 1. The maximum atomic E-state index is 12.5. The van der Waals surface area contributed by atoms with Crippen LogP contribution in [0.3, 0.4) is 0 Å². The van der Waals surface area contributed by atoms with Crippen molar-refractivity contribution in [2.24, 2.45) is 0 Å². The quantitative estimate of drug-likeness (QED) is 0.790. The van der Waals surface area contributed by atoms with E-state index in [-0.39, 0.29) is 18.2 Å². The molecule has 72 valence electrons. The van der Waals surface area contributed by atoms with E-state index < -0.39 is 0 Å². The SMILES string of the molecule is O=Cc1nc2cc(Br)ccc2n1SF. The second-order valence-electron chi connectivity index (χ2n) is 2.58. The lowest BCUT2D eigenvalue weighted by Gasteiger charge is -1.95. The highest BCUT2D eigenvalue weighted by Gasteiger charge is 2.10. The van der Waals surface area contributed by atoms with Crippen LogP contribution in [-0.2, 0) is 0 Å². The standard InChI is InChI=1S/C8H4BrFN2OS/c9-5-1-2-7-6(3-5)11-8(4-13)12(7)14-10/h1-4H. The predicted octanol–water partition coefficient (Wildman–Crippen LogP) is 2.99. The number of aldehydes is 1. The molecular weight excluding hydrogens is 271 g/mol. The van der Waals surface area contributed by atoms with Crippen molar-refractivity contribution in [3.63, 3.8) is 0 Å². The van der Waals surface area contributed by atoms with Crippen LogP contribution in [0.2, 0.25) is 0 Å². The average molecular weight is 275 g/mol. The maximum absolute atomic E-state index is 12.5. The van der Waals surface area contributed by atoms with Crippen molar-refractivity contribution >= 4 is 45.6 Å². The highest BCUT2D eigenvalue weighted by atomic mass is 79.9. The Morgan fingerprint density at radius 2 is 2.36 bits per heavy atom. The Balaban J connectivity index is 2.79. The molecule has 0 aliphatic rings. The van der Waals surface area contributed by atoms with Crippen LogP contribution in [0.1, 0.15) is 10.6 Å². The number of rotatable bonds is 2. The number of fused-ring (bicyclic) bond motifs is 1. The molecule has 2 rings (SSSR count). The number of imidazole rings is 1. The van der Waals surface area contributed by atoms with Gasteiger partial charge in [0, 0.05) is 4.47 Å². The Hall–Kier alpha value is -0.880. The molecule has 2 aromatic rings. The van der Waals surface area contributed by atoms with Gasteiger partial charge in [-0.25, -0.2) is 8.96 Å². The summed E-state index contributed by atoms with van der Waals surface area (Å²) < 4.78 is 14.5. The molecule has 1 aromatic heterocycles. The van der Waals surface area contributed by atoms with Gasteiger partial charge in [-0.15, -0.1) is 3.89 Å². The van der Waals surface area contributed by atoms with Gasteiger partial charge in [-0.3, -0.25) is 4.79 Å². The monoisotopic (exact) mass is 274 g/mol. The zero-order valence-electron chi connectivity index (χ0n) is 6.78. The second kappa shape index (κ2) is 3.70. The molecule has 0 radical (unpaired) electrons. The first kappa shape index (κ1) is 9.67. The summed E-state index contributed by atoms with van der Waals surface area (Å²) in [4.78, 5) is 14.5. The van der Waals surface area contributed by atoms with E-state index in [1.807, 2.05) is 0 Å². The van der Waals surface area contributed by atoms with E-state index in [0.29, 0.717) is 17.3 Å². The summed E-state index contributed by atoms with van der Waals surface area (Å²) >= 11 is 3.24. The zero-order valence-corrected chi connectivity index (χ0v) is 9.18. The van der Waals surface area contributed by atoms with Crippen molar-refractivity contribution in [3.05, 3.63) is 28.5 Å².